The fourth-order valence-corrected chi connectivity index (χ4v) is 6.35. The third kappa shape index (κ3) is 6.55. The molecule has 4 heterocycles. The quantitative estimate of drug-likeness (QED) is 0.198. The molecule has 14 nitrogen and oxygen atoms in total. The van der Waals surface area contributed by atoms with E-state index in [0.29, 0.717) is 24.7 Å². The van der Waals surface area contributed by atoms with Crippen molar-refractivity contribution in [2.45, 2.75) is 63.7 Å². The van der Waals surface area contributed by atoms with Crippen molar-refractivity contribution < 1.29 is 29.0 Å². The smallest absolute Gasteiger partial charge is 0.407 e. The molecule has 2 saturated heterocycles. The number of ether oxygens (including phenoxy) is 1. The third-order valence-electron chi connectivity index (χ3n) is 8.66. The summed E-state index contributed by atoms with van der Waals surface area (Å²) >= 11 is 0. The van der Waals surface area contributed by atoms with Gasteiger partial charge in [-0.3, -0.25) is 9.59 Å². The normalized spacial score (nSPS) is 18.9. The zero-order chi connectivity index (χ0) is 33.2. The van der Waals surface area contributed by atoms with Crippen LogP contribution in [0.2, 0.25) is 0 Å². The molecule has 6 rings (SSSR count). The summed E-state index contributed by atoms with van der Waals surface area (Å²) in [5, 5.41) is 13.8. The lowest BCUT2D eigenvalue weighted by Gasteiger charge is -2.26. The number of amides is 4. The van der Waals surface area contributed by atoms with Crippen molar-refractivity contribution in [3.05, 3.63) is 59.2 Å². The number of aromatic nitrogens is 4. The van der Waals surface area contributed by atoms with Gasteiger partial charge in [-0.05, 0) is 75.9 Å². The Morgan fingerprint density at radius 3 is 1.74 bits per heavy atom. The number of alkyl carbamates (subject to hydrolysis) is 1. The summed E-state index contributed by atoms with van der Waals surface area (Å²) < 4.78 is 4.63. The topological polar surface area (TPSA) is 186 Å². The summed E-state index contributed by atoms with van der Waals surface area (Å²) in [5.41, 5.74) is 4.70. The molecule has 2 aliphatic rings. The third-order valence-corrected chi connectivity index (χ3v) is 8.66. The van der Waals surface area contributed by atoms with Gasteiger partial charge in [-0.1, -0.05) is 11.8 Å². The molecule has 0 radical (unpaired) electrons. The van der Waals surface area contributed by atoms with Crippen molar-refractivity contribution in [2.75, 3.05) is 20.2 Å². The van der Waals surface area contributed by atoms with Gasteiger partial charge in [-0.2, -0.15) is 0 Å². The highest BCUT2D eigenvalue weighted by Gasteiger charge is 2.36. The van der Waals surface area contributed by atoms with Crippen molar-refractivity contribution in [3.63, 3.8) is 0 Å². The van der Waals surface area contributed by atoms with Crippen molar-refractivity contribution >= 4 is 46.1 Å². The van der Waals surface area contributed by atoms with Crippen LogP contribution in [-0.4, -0.2) is 91.1 Å². The number of nitrogens with one attached hydrogen (secondary N) is 4. The molecule has 0 saturated carbocycles. The lowest BCUT2D eigenvalue weighted by molar-refractivity contribution is -0.134. The van der Waals surface area contributed by atoms with Crippen LogP contribution >= 0.6 is 0 Å². The zero-order valence-corrected chi connectivity index (χ0v) is 26.3. The number of hydrogen-bond acceptors (Lipinski definition) is 7. The van der Waals surface area contributed by atoms with Crippen LogP contribution in [0.5, 0.6) is 0 Å². The highest BCUT2D eigenvalue weighted by atomic mass is 16.5. The summed E-state index contributed by atoms with van der Waals surface area (Å²) in [6.07, 6.45) is 1.24. The first-order valence-corrected chi connectivity index (χ1v) is 15.6. The van der Waals surface area contributed by atoms with E-state index in [9.17, 15) is 19.2 Å². The average Bonchev–Trinajstić information content (AvgIpc) is 3.86. The molecule has 4 aromatic rings. The Morgan fingerprint density at radius 2 is 1.30 bits per heavy atom. The predicted octanol–water partition coefficient (Wildman–Crippen LogP) is 3.57. The Morgan fingerprint density at radius 1 is 0.830 bits per heavy atom. The van der Waals surface area contributed by atoms with Crippen LogP contribution in [-0.2, 0) is 14.3 Å². The van der Waals surface area contributed by atoms with Crippen LogP contribution < -0.4 is 10.6 Å². The van der Waals surface area contributed by atoms with Crippen molar-refractivity contribution in [1.82, 2.24) is 40.4 Å². The Bertz CT molecular complexity index is 1920. The van der Waals surface area contributed by atoms with Crippen LogP contribution in [0.4, 0.5) is 9.59 Å². The van der Waals surface area contributed by atoms with E-state index in [2.05, 4.69) is 37.2 Å². The first kappa shape index (κ1) is 31.4. The standard InChI is InChI=1S/C33H36N8O6/c1-18(34-32(44)45)30(42)40-14-4-6-26(40)28-36-22-12-10-20(16-24(22)38-28)8-9-21-11-13-23-25(17-21)39-29(37-23)27-7-5-15-41(27)31(43)19(2)35-33(46)47-3/h10-13,16-19,26-27,34H,4-7,14-15H2,1-3H3,(H,35,46)(H,36,38)(H,37,39)(H,44,45)/t18-,19-,26+,27+/m1/s1. The SMILES string of the molecule is COC(=O)N[C@H](C)C(=O)N1CCC[C@H]1c1nc2ccc(C#Cc3ccc4nc([C@@H]5CCCN5C(=O)[C@@H](C)NC(=O)O)[nH]c4c3)cc2[nH]1. The summed E-state index contributed by atoms with van der Waals surface area (Å²) in [6.45, 7) is 4.29. The number of benzene rings is 2. The number of carboxylic acid groups (broad SMARTS) is 1. The Hall–Kier alpha value is -5.58. The molecule has 0 aliphatic carbocycles. The van der Waals surface area contributed by atoms with Gasteiger partial charge >= 0.3 is 12.2 Å². The average molecular weight is 641 g/mol. The number of likely N-dealkylation sites (tertiary alicyclic amines) is 2. The second-order valence-corrected chi connectivity index (χ2v) is 11.9. The van der Waals surface area contributed by atoms with Gasteiger partial charge in [0.15, 0.2) is 0 Å². The molecule has 2 aliphatic heterocycles. The van der Waals surface area contributed by atoms with Gasteiger partial charge in [0.1, 0.15) is 23.7 Å². The molecule has 0 spiro atoms. The minimum atomic E-state index is -1.24. The number of rotatable bonds is 6. The first-order chi connectivity index (χ1) is 22.6. The van der Waals surface area contributed by atoms with Gasteiger partial charge in [0.2, 0.25) is 11.8 Å². The monoisotopic (exact) mass is 640 g/mol. The van der Waals surface area contributed by atoms with Crippen LogP contribution in [0.1, 0.15) is 74.4 Å². The number of nitrogens with zero attached hydrogens (tertiary/aromatic N) is 4. The number of carbonyl (C=O) groups is 4. The number of aromatic amines is 2. The summed E-state index contributed by atoms with van der Waals surface area (Å²) in [6, 6.07) is 9.37. The minimum absolute atomic E-state index is 0.192. The van der Waals surface area contributed by atoms with Gasteiger partial charge in [0.25, 0.3) is 0 Å². The molecule has 2 aromatic carbocycles. The molecule has 4 amide bonds. The summed E-state index contributed by atoms with van der Waals surface area (Å²) in [4.78, 5) is 68.2. The molecule has 2 aromatic heterocycles. The van der Waals surface area contributed by atoms with Gasteiger partial charge < -0.3 is 40.2 Å². The number of carbonyl (C=O) groups excluding carboxylic acids is 3. The molecule has 14 heteroatoms. The Kier molecular flexibility index (Phi) is 8.71. The minimum Gasteiger partial charge on any atom is -0.465 e. The van der Waals surface area contributed by atoms with Crippen LogP contribution in [0, 0.1) is 11.8 Å². The zero-order valence-electron chi connectivity index (χ0n) is 26.3. The molecular formula is C33H36N8O6. The van der Waals surface area contributed by atoms with E-state index in [4.69, 9.17) is 15.1 Å². The fourth-order valence-electron chi connectivity index (χ4n) is 6.35. The molecule has 244 valence electrons. The number of fused-ring (bicyclic) bond motifs is 2. The van der Waals surface area contributed by atoms with E-state index in [-0.39, 0.29) is 23.9 Å². The van der Waals surface area contributed by atoms with Gasteiger partial charge in [0, 0.05) is 24.2 Å². The summed E-state index contributed by atoms with van der Waals surface area (Å²) in [5.74, 6) is 7.32. The van der Waals surface area contributed by atoms with E-state index in [1.54, 1.807) is 23.6 Å². The maximum atomic E-state index is 13.1. The maximum Gasteiger partial charge on any atom is 0.407 e. The lowest BCUT2D eigenvalue weighted by atomic mass is 10.1. The van der Waals surface area contributed by atoms with Crippen LogP contribution in [0.25, 0.3) is 22.1 Å². The van der Waals surface area contributed by atoms with Crippen LogP contribution in [0.15, 0.2) is 36.4 Å². The van der Waals surface area contributed by atoms with Gasteiger partial charge in [-0.25, -0.2) is 19.6 Å². The summed E-state index contributed by atoms with van der Waals surface area (Å²) in [7, 11) is 1.26. The van der Waals surface area contributed by atoms with Crippen molar-refractivity contribution in [3.8, 4) is 11.8 Å². The second kappa shape index (κ2) is 13.0. The predicted molar refractivity (Wildman–Crippen MR) is 171 cm³/mol. The highest BCUT2D eigenvalue weighted by Crippen LogP contribution is 2.33. The molecule has 5 N–H and O–H groups in total. The van der Waals surface area contributed by atoms with Crippen molar-refractivity contribution in [2.24, 2.45) is 0 Å². The molecular weight excluding hydrogens is 604 g/mol. The highest BCUT2D eigenvalue weighted by molar-refractivity contribution is 5.87. The Balaban J connectivity index is 1.17. The van der Waals surface area contributed by atoms with E-state index < -0.39 is 24.3 Å². The van der Waals surface area contributed by atoms with E-state index in [0.717, 1.165) is 58.9 Å². The second-order valence-electron chi connectivity index (χ2n) is 11.9. The van der Waals surface area contributed by atoms with E-state index in [1.165, 1.54) is 7.11 Å². The number of H-pyrrole nitrogens is 2. The molecule has 47 heavy (non-hydrogen) atoms. The molecule has 2 fully saturated rings. The van der Waals surface area contributed by atoms with Crippen LogP contribution in [0.3, 0.4) is 0 Å². The lowest BCUT2D eigenvalue weighted by Crippen LogP contribution is -2.46. The van der Waals surface area contributed by atoms with Crippen molar-refractivity contribution in [1.29, 1.82) is 0 Å². The molecule has 4 atom stereocenters. The van der Waals surface area contributed by atoms with E-state index >= 15 is 0 Å². The van der Waals surface area contributed by atoms with E-state index in [1.807, 2.05) is 36.4 Å². The largest absolute Gasteiger partial charge is 0.465 e. The first-order valence-electron chi connectivity index (χ1n) is 15.6. The Labute approximate surface area is 270 Å². The fraction of sp³-hybridized carbons (Fsp3) is 0.394. The maximum absolute atomic E-state index is 13.1. The number of methoxy groups -OCH3 is 1. The number of hydrogen-bond donors (Lipinski definition) is 5. The molecule has 0 bridgehead atoms. The van der Waals surface area contributed by atoms with Gasteiger partial charge in [0.05, 0.1) is 41.3 Å². The van der Waals surface area contributed by atoms with Gasteiger partial charge in [-0.15, -0.1) is 0 Å². The molecule has 0 unspecified atom stereocenters. The number of imidazole rings is 2.